The number of likely N-dealkylation sites (tertiary alicyclic amines) is 1. The van der Waals surface area contributed by atoms with Gasteiger partial charge in [0.25, 0.3) is 0 Å². The first kappa shape index (κ1) is 16.3. The number of rotatable bonds is 5. The predicted molar refractivity (Wildman–Crippen MR) is 65.1 cm³/mol. The molecule has 2 atom stereocenters. The van der Waals surface area contributed by atoms with E-state index in [-0.39, 0.29) is 0 Å². The van der Waals surface area contributed by atoms with E-state index in [0.717, 1.165) is 4.90 Å². The second kappa shape index (κ2) is 6.62. The Bertz CT molecular complexity index is 385. The maximum atomic E-state index is 12.7. The van der Waals surface area contributed by atoms with Gasteiger partial charge in [-0.25, -0.2) is 4.79 Å². The predicted octanol–water partition coefficient (Wildman–Crippen LogP) is 1.86. The molecule has 0 spiro atoms. The normalized spacial score (nSPS) is 22.6. The smallest absolute Gasteiger partial charge is 0.394 e. The molecule has 0 aromatic heterocycles. The van der Waals surface area contributed by atoms with Gasteiger partial charge in [0, 0.05) is 19.6 Å². The van der Waals surface area contributed by atoms with Gasteiger partial charge in [0.05, 0.1) is 11.8 Å². The highest BCUT2D eigenvalue weighted by molar-refractivity contribution is 5.77. The van der Waals surface area contributed by atoms with Crippen LogP contribution in [0.25, 0.3) is 0 Å². The van der Waals surface area contributed by atoms with Gasteiger partial charge >= 0.3 is 18.2 Å². The molecule has 0 saturated carbocycles. The monoisotopic (exact) mass is 294 g/mol. The minimum atomic E-state index is -4.62. The molecule has 0 aromatic rings. The quantitative estimate of drug-likeness (QED) is 0.600. The van der Waals surface area contributed by atoms with Gasteiger partial charge < -0.3 is 15.3 Å². The van der Waals surface area contributed by atoms with Crippen molar-refractivity contribution >= 4 is 12.0 Å². The molecule has 1 aliphatic heterocycles. The minimum absolute atomic E-state index is 0.315. The number of unbranched alkanes of at least 4 members (excludes halogenated alkanes) is 1. The van der Waals surface area contributed by atoms with Crippen LogP contribution < -0.4 is 5.32 Å². The number of carboxylic acid groups (broad SMARTS) is 1. The number of halogens is 3. The summed E-state index contributed by atoms with van der Waals surface area (Å²) in [6.45, 7) is 2.78. The van der Waals surface area contributed by atoms with Crippen LogP contribution in [-0.2, 0) is 4.79 Å². The van der Waals surface area contributed by atoms with Crippen molar-refractivity contribution in [2.24, 2.45) is 11.8 Å². The largest absolute Gasteiger partial charge is 0.481 e. The Kier molecular flexibility index (Phi) is 5.41. The average Bonchev–Trinajstić information content (AvgIpc) is 2.79. The van der Waals surface area contributed by atoms with E-state index in [1.807, 2.05) is 0 Å². The molecule has 2 amide bonds. The third kappa shape index (κ3) is 4.14. The average molecular weight is 294 g/mol. The second-order valence-electron chi connectivity index (χ2n) is 4.66. The summed E-state index contributed by atoms with van der Waals surface area (Å²) in [5.41, 5.74) is 0. The molecule has 8 heteroatoms. The summed E-state index contributed by atoms with van der Waals surface area (Å²) in [4.78, 5) is 23.4. The van der Waals surface area contributed by atoms with Gasteiger partial charge in [-0.05, 0) is 12.8 Å². The highest BCUT2D eigenvalue weighted by Gasteiger charge is 2.53. The lowest BCUT2D eigenvalue weighted by Crippen LogP contribution is -2.39. The van der Waals surface area contributed by atoms with E-state index in [4.69, 9.17) is 5.11 Å². The molecule has 0 unspecified atom stereocenters. The van der Waals surface area contributed by atoms with Gasteiger partial charge in [0.1, 0.15) is 0 Å². The number of amides is 2. The zero-order valence-corrected chi connectivity index (χ0v) is 10.8. The summed E-state index contributed by atoms with van der Waals surface area (Å²) in [5, 5.41) is 11.3. The van der Waals surface area contributed by atoms with Crippen LogP contribution in [0.3, 0.4) is 0 Å². The van der Waals surface area contributed by atoms with Gasteiger partial charge in [0.15, 0.2) is 0 Å². The number of carboxylic acids is 1. The lowest BCUT2D eigenvalue weighted by Gasteiger charge is -2.18. The molecule has 0 bridgehead atoms. The van der Waals surface area contributed by atoms with Gasteiger partial charge in [-0.2, -0.15) is 13.2 Å². The number of nitrogens with zero attached hydrogens (tertiary/aromatic N) is 1. The number of hydrogen-bond donors (Lipinski definition) is 2. The summed E-state index contributed by atoms with van der Waals surface area (Å²) >= 11 is 0. The van der Waals surface area contributed by atoms with E-state index in [0.29, 0.717) is 19.4 Å². The molecule has 1 rings (SSSR count). The molecule has 1 fully saturated rings. The summed E-state index contributed by atoms with van der Waals surface area (Å²) < 4.78 is 38.2. The molecule has 0 radical (unpaired) electrons. The maximum Gasteiger partial charge on any atom is 0.394 e. The van der Waals surface area contributed by atoms with Crippen molar-refractivity contribution in [3.05, 3.63) is 12.7 Å². The van der Waals surface area contributed by atoms with Gasteiger partial charge in [-0.3, -0.25) is 4.79 Å². The van der Waals surface area contributed by atoms with Gasteiger partial charge in [-0.1, -0.05) is 6.08 Å². The fraction of sp³-hybridized carbons (Fsp3) is 0.667. The van der Waals surface area contributed by atoms with Crippen LogP contribution >= 0.6 is 0 Å². The molecule has 0 aliphatic carbocycles. The summed E-state index contributed by atoms with van der Waals surface area (Å²) in [6.07, 6.45) is -1.64. The van der Waals surface area contributed by atoms with E-state index in [9.17, 15) is 22.8 Å². The Labute approximate surface area is 114 Å². The van der Waals surface area contributed by atoms with Crippen LogP contribution in [0, 0.1) is 11.8 Å². The van der Waals surface area contributed by atoms with E-state index in [2.05, 4.69) is 11.9 Å². The van der Waals surface area contributed by atoms with Crippen molar-refractivity contribution in [1.29, 1.82) is 0 Å². The molecule has 114 valence electrons. The topological polar surface area (TPSA) is 69.6 Å². The first-order valence-electron chi connectivity index (χ1n) is 6.20. The van der Waals surface area contributed by atoms with Crippen LogP contribution in [0.15, 0.2) is 12.7 Å². The number of carbonyl (C=O) groups is 2. The van der Waals surface area contributed by atoms with Crippen LogP contribution in [-0.4, -0.2) is 47.8 Å². The van der Waals surface area contributed by atoms with Gasteiger partial charge in [0.2, 0.25) is 0 Å². The number of urea groups is 1. The van der Waals surface area contributed by atoms with Crippen molar-refractivity contribution in [3.8, 4) is 0 Å². The Hall–Kier alpha value is -1.73. The summed E-state index contributed by atoms with van der Waals surface area (Å²) in [7, 11) is 0. The fourth-order valence-corrected chi connectivity index (χ4v) is 2.11. The van der Waals surface area contributed by atoms with Crippen molar-refractivity contribution in [3.63, 3.8) is 0 Å². The van der Waals surface area contributed by atoms with Crippen LogP contribution in [0.4, 0.5) is 18.0 Å². The van der Waals surface area contributed by atoms with Crippen LogP contribution in [0.5, 0.6) is 0 Å². The standard InChI is InChI=1S/C12H17F3N2O3/c1-2-3-4-5-16-11(20)17-6-8(10(18)19)9(7-17)12(13,14)15/h2,8-9H,1,3-7H2,(H,16,20)(H,18,19)/t8-,9-/m1/s1. The lowest BCUT2D eigenvalue weighted by atomic mass is 9.96. The molecule has 1 aliphatic rings. The number of aliphatic carboxylic acids is 1. The SMILES string of the molecule is C=CCCCNC(=O)N1C[C@@H](C(F)(F)F)[C@H](C(=O)O)C1. The van der Waals surface area contributed by atoms with Crippen LogP contribution in [0.1, 0.15) is 12.8 Å². The highest BCUT2D eigenvalue weighted by Crippen LogP contribution is 2.37. The molecule has 20 heavy (non-hydrogen) atoms. The zero-order valence-electron chi connectivity index (χ0n) is 10.8. The number of carbonyl (C=O) groups excluding carboxylic acids is 1. The van der Waals surface area contributed by atoms with E-state index in [1.54, 1.807) is 6.08 Å². The fourth-order valence-electron chi connectivity index (χ4n) is 2.11. The van der Waals surface area contributed by atoms with Gasteiger partial charge in [-0.15, -0.1) is 6.58 Å². The number of nitrogens with one attached hydrogen (secondary N) is 1. The summed E-state index contributed by atoms with van der Waals surface area (Å²) in [6, 6.07) is -0.660. The van der Waals surface area contributed by atoms with Crippen molar-refractivity contribution in [1.82, 2.24) is 10.2 Å². The highest BCUT2D eigenvalue weighted by atomic mass is 19.4. The molecular formula is C12H17F3N2O3. The third-order valence-corrected chi connectivity index (χ3v) is 3.21. The van der Waals surface area contributed by atoms with E-state index >= 15 is 0 Å². The molecule has 1 saturated heterocycles. The van der Waals surface area contributed by atoms with E-state index < -0.39 is 43.1 Å². The minimum Gasteiger partial charge on any atom is -0.481 e. The Morgan fingerprint density at radius 2 is 2.05 bits per heavy atom. The van der Waals surface area contributed by atoms with Crippen LogP contribution in [0.2, 0.25) is 0 Å². The van der Waals surface area contributed by atoms with E-state index in [1.165, 1.54) is 0 Å². The number of alkyl halides is 3. The number of hydrogen-bond acceptors (Lipinski definition) is 2. The first-order valence-corrected chi connectivity index (χ1v) is 6.20. The third-order valence-electron chi connectivity index (χ3n) is 3.21. The molecule has 1 heterocycles. The molecular weight excluding hydrogens is 277 g/mol. The van der Waals surface area contributed by atoms with Crippen molar-refractivity contribution < 1.29 is 27.9 Å². The summed E-state index contributed by atoms with van der Waals surface area (Å²) in [5.74, 6) is -5.15. The maximum absolute atomic E-state index is 12.7. The second-order valence-corrected chi connectivity index (χ2v) is 4.66. The lowest BCUT2D eigenvalue weighted by molar-refractivity contribution is -0.187. The molecule has 5 nitrogen and oxygen atoms in total. The number of allylic oxidation sites excluding steroid dienone is 1. The molecule has 0 aromatic carbocycles. The van der Waals surface area contributed by atoms with Crippen molar-refractivity contribution in [2.75, 3.05) is 19.6 Å². The molecule has 2 N–H and O–H groups in total. The van der Waals surface area contributed by atoms with Crippen molar-refractivity contribution in [2.45, 2.75) is 19.0 Å². The Morgan fingerprint density at radius 1 is 1.40 bits per heavy atom. The Morgan fingerprint density at radius 3 is 2.50 bits per heavy atom. The first-order chi connectivity index (χ1) is 9.27. The zero-order chi connectivity index (χ0) is 15.3. The Balaban J connectivity index is 2.59.